The highest BCUT2D eigenvalue weighted by atomic mass is 16.6. The van der Waals surface area contributed by atoms with Crippen LogP contribution in [0.5, 0.6) is 0 Å². The van der Waals surface area contributed by atoms with Crippen molar-refractivity contribution in [3.8, 4) is 0 Å². The van der Waals surface area contributed by atoms with Gasteiger partial charge in [-0.2, -0.15) is 0 Å². The Hall–Kier alpha value is -3.22. The maximum Gasteiger partial charge on any atom is 0.272 e. The molecule has 7 heteroatoms. The molecule has 0 spiro atoms. The lowest BCUT2D eigenvalue weighted by Gasteiger charge is -2.08. The van der Waals surface area contributed by atoms with Crippen LogP contribution in [0.3, 0.4) is 0 Å². The second kappa shape index (κ2) is 6.04. The van der Waals surface area contributed by atoms with Gasteiger partial charge in [0.15, 0.2) is 0 Å². The van der Waals surface area contributed by atoms with Gasteiger partial charge in [-0.25, -0.2) is 0 Å². The van der Waals surface area contributed by atoms with E-state index in [1.807, 2.05) is 0 Å². The Bertz CT molecular complexity index is 753. The topological polar surface area (TPSA) is 112 Å². The number of hydrogen-bond donors (Lipinski definition) is 1. The van der Waals surface area contributed by atoms with Crippen molar-refractivity contribution in [1.82, 2.24) is 0 Å². The number of amides is 1. The van der Waals surface area contributed by atoms with Gasteiger partial charge in [0.25, 0.3) is 11.6 Å². The number of nitrogens with zero attached hydrogens (tertiary/aromatic N) is 1. The number of benzene rings is 2. The van der Waals surface area contributed by atoms with Crippen LogP contribution in [0.4, 0.5) is 11.4 Å². The molecule has 2 rings (SSSR count). The van der Waals surface area contributed by atoms with E-state index in [2.05, 4.69) is 5.32 Å². The van der Waals surface area contributed by atoms with E-state index >= 15 is 0 Å². The van der Waals surface area contributed by atoms with Crippen LogP contribution in [0, 0.1) is 17.0 Å². The SMILES string of the molecule is Cc1cc(C(=O)Nc2ccc(C(=O)[O-])cc2)ccc1[N+](=O)[O-]. The van der Waals surface area contributed by atoms with Crippen LogP contribution in [0.25, 0.3) is 0 Å². The summed E-state index contributed by atoms with van der Waals surface area (Å²) in [5, 5.41) is 23.9. The number of carbonyl (C=O) groups is 2. The number of nitrogens with one attached hydrogen (secondary N) is 1. The third-order valence-corrected chi connectivity index (χ3v) is 3.03. The van der Waals surface area contributed by atoms with Gasteiger partial charge in [0.1, 0.15) is 0 Å². The maximum atomic E-state index is 12.1. The summed E-state index contributed by atoms with van der Waals surface area (Å²) in [6, 6.07) is 9.53. The van der Waals surface area contributed by atoms with E-state index in [1.165, 1.54) is 42.5 Å². The van der Waals surface area contributed by atoms with Gasteiger partial charge in [-0.15, -0.1) is 0 Å². The molecule has 0 aliphatic rings. The van der Waals surface area contributed by atoms with Gasteiger partial charge in [0, 0.05) is 22.9 Å². The van der Waals surface area contributed by atoms with Gasteiger partial charge >= 0.3 is 0 Å². The van der Waals surface area contributed by atoms with E-state index in [9.17, 15) is 24.8 Å². The molecule has 0 heterocycles. The van der Waals surface area contributed by atoms with Crippen LogP contribution >= 0.6 is 0 Å². The molecule has 0 aromatic heterocycles. The van der Waals surface area contributed by atoms with Crippen LogP contribution in [-0.4, -0.2) is 16.8 Å². The summed E-state index contributed by atoms with van der Waals surface area (Å²) in [7, 11) is 0. The number of carboxylic acids is 1. The van der Waals surface area contributed by atoms with Gasteiger partial charge in [0.2, 0.25) is 0 Å². The lowest BCUT2D eigenvalue weighted by atomic mass is 10.1. The van der Waals surface area contributed by atoms with Gasteiger partial charge in [-0.1, -0.05) is 12.1 Å². The van der Waals surface area contributed by atoms with Crippen LogP contribution < -0.4 is 10.4 Å². The lowest BCUT2D eigenvalue weighted by Crippen LogP contribution is -2.22. The predicted octanol–water partition coefficient (Wildman–Crippen LogP) is 1.52. The predicted molar refractivity (Wildman–Crippen MR) is 76.6 cm³/mol. The van der Waals surface area contributed by atoms with Crippen molar-refractivity contribution in [2.75, 3.05) is 5.32 Å². The molecule has 0 radical (unpaired) electrons. The number of hydrogen-bond acceptors (Lipinski definition) is 5. The summed E-state index contributed by atoms with van der Waals surface area (Å²) in [6.07, 6.45) is 0. The average Bonchev–Trinajstić information content (AvgIpc) is 2.47. The van der Waals surface area contributed by atoms with Gasteiger partial charge < -0.3 is 15.2 Å². The molecule has 0 aliphatic heterocycles. The minimum Gasteiger partial charge on any atom is -0.545 e. The number of rotatable bonds is 4. The molecule has 0 aliphatic carbocycles. The first-order chi connectivity index (χ1) is 10.4. The van der Waals surface area contributed by atoms with E-state index in [1.54, 1.807) is 6.92 Å². The third kappa shape index (κ3) is 3.26. The summed E-state index contributed by atoms with van der Waals surface area (Å²) in [5.74, 6) is -1.75. The monoisotopic (exact) mass is 299 g/mol. The highest BCUT2D eigenvalue weighted by molar-refractivity contribution is 6.04. The third-order valence-electron chi connectivity index (χ3n) is 3.03. The number of aromatic carboxylic acids is 1. The quantitative estimate of drug-likeness (QED) is 0.679. The van der Waals surface area contributed by atoms with Crippen molar-refractivity contribution in [3.63, 3.8) is 0 Å². The number of carboxylic acid groups (broad SMARTS) is 1. The van der Waals surface area contributed by atoms with Crippen LogP contribution in [-0.2, 0) is 0 Å². The first-order valence-corrected chi connectivity index (χ1v) is 6.26. The number of nitro benzene ring substituents is 1. The summed E-state index contributed by atoms with van der Waals surface area (Å²) in [4.78, 5) is 32.9. The van der Waals surface area contributed by atoms with Crippen molar-refractivity contribution >= 4 is 23.3 Å². The summed E-state index contributed by atoms with van der Waals surface area (Å²) in [5.41, 5.74) is 1.00. The molecule has 0 fully saturated rings. The average molecular weight is 299 g/mol. The Morgan fingerprint density at radius 1 is 1.05 bits per heavy atom. The van der Waals surface area contributed by atoms with Crippen molar-refractivity contribution in [3.05, 3.63) is 69.3 Å². The smallest absolute Gasteiger partial charge is 0.272 e. The molecule has 1 amide bonds. The van der Waals surface area contributed by atoms with Gasteiger partial charge in [0.05, 0.1) is 10.9 Å². The summed E-state index contributed by atoms with van der Waals surface area (Å²) in [6.45, 7) is 1.55. The van der Waals surface area contributed by atoms with E-state index in [0.29, 0.717) is 11.3 Å². The van der Waals surface area contributed by atoms with Crippen molar-refractivity contribution in [1.29, 1.82) is 0 Å². The Morgan fingerprint density at radius 2 is 1.64 bits per heavy atom. The molecule has 0 atom stereocenters. The largest absolute Gasteiger partial charge is 0.545 e. The zero-order valence-electron chi connectivity index (χ0n) is 11.5. The number of anilines is 1. The first-order valence-electron chi connectivity index (χ1n) is 6.26. The van der Waals surface area contributed by atoms with E-state index in [0.717, 1.165) is 0 Å². The molecule has 22 heavy (non-hydrogen) atoms. The molecular weight excluding hydrogens is 288 g/mol. The fourth-order valence-corrected chi connectivity index (χ4v) is 1.89. The molecule has 0 bridgehead atoms. The van der Waals surface area contributed by atoms with Crippen molar-refractivity contribution < 1.29 is 19.6 Å². The molecule has 7 nitrogen and oxygen atoms in total. The van der Waals surface area contributed by atoms with Crippen LogP contribution in [0.15, 0.2) is 42.5 Å². The fraction of sp³-hybridized carbons (Fsp3) is 0.0667. The molecule has 1 N–H and O–H groups in total. The van der Waals surface area contributed by atoms with Gasteiger partial charge in [-0.3, -0.25) is 14.9 Å². The molecule has 2 aromatic carbocycles. The van der Waals surface area contributed by atoms with E-state index < -0.39 is 16.8 Å². The molecule has 0 unspecified atom stereocenters. The van der Waals surface area contributed by atoms with Gasteiger partial charge in [-0.05, 0) is 36.8 Å². The summed E-state index contributed by atoms with van der Waals surface area (Å²) < 4.78 is 0. The summed E-state index contributed by atoms with van der Waals surface area (Å²) >= 11 is 0. The highest BCUT2D eigenvalue weighted by Gasteiger charge is 2.13. The second-order valence-corrected chi connectivity index (χ2v) is 4.58. The normalized spacial score (nSPS) is 10.0. The molecule has 0 saturated heterocycles. The Labute approximate surface area is 125 Å². The van der Waals surface area contributed by atoms with E-state index in [-0.39, 0.29) is 16.8 Å². The number of carbonyl (C=O) groups excluding carboxylic acids is 2. The molecular formula is C15H11N2O5-. The van der Waals surface area contributed by atoms with Crippen LogP contribution in [0.2, 0.25) is 0 Å². The Balaban J connectivity index is 2.17. The maximum absolute atomic E-state index is 12.1. The highest BCUT2D eigenvalue weighted by Crippen LogP contribution is 2.19. The molecule has 112 valence electrons. The minimum atomic E-state index is -1.30. The van der Waals surface area contributed by atoms with E-state index in [4.69, 9.17) is 0 Å². The fourth-order valence-electron chi connectivity index (χ4n) is 1.89. The molecule has 2 aromatic rings. The Morgan fingerprint density at radius 3 is 2.14 bits per heavy atom. The van der Waals surface area contributed by atoms with Crippen LogP contribution in [0.1, 0.15) is 26.3 Å². The Kier molecular flexibility index (Phi) is 4.17. The number of aryl methyl sites for hydroxylation is 1. The minimum absolute atomic E-state index is 0.00387. The lowest BCUT2D eigenvalue weighted by molar-refractivity contribution is -0.385. The molecule has 0 saturated carbocycles. The first kappa shape index (κ1) is 15.2. The zero-order valence-corrected chi connectivity index (χ0v) is 11.5. The number of nitro groups is 1. The van der Waals surface area contributed by atoms with Crippen molar-refractivity contribution in [2.45, 2.75) is 6.92 Å². The zero-order chi connectivity index (χ0) is 16.3. The van der Waals surface area contributed by atoms with Crippen molar-refractivity contribution in [2.24, 2.45) is 0 Å². The standard InChI is InChI=1S/C15H12N2O5/c1-9-8-11(4-7-13(9)17(21)22)14(18)16-12-5-2-10(3-6-12)15(19)20/h2-8H,1H3,(H,16,18)(H,19,20)/p-1. The second-order valence-electron chi connectivity index (χ2n) is 4.58.